The SMILES string of the molecule is CCCCCCCCCCCCCCCCCC(C)(C)n1cnnn1. The van der Waals surface area contributed by atoms with Crippen molar-refractivity contribution >= 4 is 0 Å². The number of hydrogen-bond acceptors (Lipinski definition) is 3. The Balaban J connectivity index is 1.80. The second-order valence-electron chi connectivity index (χ2n) is 8.27. The summed E-state index contributed by atoms with van der Waals surface area (Å²) in [6.07, 6.45) is 24.1. The molecule has 25 heavy (non-hydrogen) atoms. The van der Waals surface area contributed by atoms with E-state index in [1.54, 1.807) is 6.33 Å². The average molecular weight is 351 g/mol. The van der Waals surface area contributed by atoms with Crippen LogP contribution in [0.1, 0.15) is 124 Å². The van der Waals surface area contributed by atoms with Crippen molar-refractivity contribution in [3.05, 3.63) is 6.33 Å². The fourth-order valence-electron chi connectivity index (χ4n) is 3.48. The van der Waals surface area contributed by atoms with Crippen LogP contribution in [-0.4, -0.2) is 20.2 Å². The maximum absolute atomic E-state index is 4.03. The minimum Gasteiger partial charge on any atom is -0.227 e. The van der Waals surface area contributed by atoms with Crippen molar-refractivity contribution in [1.82, 2.24) is 20.2 Å². The van der Waals surface area contributed by atoms with Crippen LogP contribution in [0.4, 0.5) is 0 Å². The molecule has 0 atom stereocenters. The van der Waals surface area contributed by atoms with Gasteiger partial charge in [0.15, 0.2) is 0 Å². The number of nitrogens with zero attached hydrogens (tertiary/aromatic N) is 4. The molecule has 0 aliphatic heterocycles. The number of tetrazole rings is 1. The predicted octanol–water partition coefficient (Wildman–Crippen LogP) is 6.67. The molecule has 0 unspecified atom stereocenters. The van der Waals surface area contributed by atoms with Gasteiger partial charge < -0.3 is 0 Å². The smallest absolute Gasteiger partial charge is 0.138 e. The van der Waals surface area contributed by atoms with Gasteiger partial charge in [0.2, 0.25) is 0 Å². The van der Waals surface area contributed by atoms with E-state index in [2.05, 4.69) is 36.3 Å². The number of unbranched alkanes of at least 4 members (excludes halogenated alkanes) is 14. The van der Waals surface area contributed by atoms with Crippen LogP contribution in [0.2, 0.25) is 0 Å². The van der Waals surface area contributed by atoms with E-state index < -0.39 is 0 Å². The largest absolute Gasteiger partial charge is 0.227 e. The Bertz CT molecular complexity index is 387. The van der Waals surface area contributed by atoms with E-state index in [-0.39, 0.29) is 5.54 Å². The van der Waals surface area contributed by atoms with E-state index in [4.69, 9.17) is 0 Å². The van der Waals surface area contributed by atoms with Crippen molar-refractivity contribution in [2.45, 2.75) is 129 Å². The van der Waals surface area contributed by atoms with Gasteiger partial charge in [0.05, 0.1) is 5.54 Å². The van der Waals surface area contributed by atoms with Crippen LogP contribution in [-0.2, 0) is 5.54 Å². The van der Waals surface area contributed by atoms with Gasteiger partial charge in [0, 0.05) is 0 Å². The Labute approximate surface area is 156 Å². The molecule has 0 fully saturated rings. The lowest BCUT2D eigenvalue weighted by Gasteiger charge is -2.23. The van der Waals surface area contributed by atoms with Crippen molar-refractivity contribution in [2.75, 3.05) is 0 Å². The zero-order valence-corrected chi connectivity index (χ0v) is 17.2. The predicted molar refractivity (Wildman–Crippen MR) is 107 cm³/mol. The number of rotatable bonds is 17. The van der Waals surface area contributed by atoms with Crippen LogP contribution in [0.15, 0.2) is 6.33 Å². The maximum Gasteiger partial charge on any atom is 0.138 e. The molecule has 4 nitrogen and oxygen atoms in total. The van der Waals surface area contributed by atoms with E-state index in [0.717, 1.165) is 6.42 Å². The molecule has 0 N–H and O–H groups in total. The van der Waals surface area contributed by atoms with Gasteiger partial charge in [0.25, 0.3) is 0 Å². The van der Waals surface area contributed by atoms with Crippen LogP contribution in [0.5, 0.6) is 0 Å². The molecule has 1 heterocycles. The lowest BCUT2D eigenvalue weighted by Crippen LogP contribution is -2.26. The zero-order valence-electron chi connectivity index (χ0n) is 17.2. The highest BCUT2D eigenvalue weighted by molar-refractivity contribution is 4.74. The Morgan fingerprint density at radius 2 is 1.12 bits per heavy atom. The topological polar surface area (TPSA) is 43.6 Å². The quantitative estimate of drug-likeness (QED) is 0.295. The summed E-state index contributed by atoms with van der Waals surface area (Å²) in [7, 11) is 0. The van der Waals surface area contributed by atoms with Gasteiger partial charge in [-0.05, 0) is 30.7 Å². The molecule has 0 saturated heterocycles. The van der Waals surface area contributed by atoms with Gasteiger partial charge in [-0.1, -0.05) is 103 Å². The van der Waals surface area contributed by atoms with Gasteiger partial charge in [-0.3, -0.25) is 0 Å². The Hall–Kier alpha value is -0.930. The molecular weight excluding hydrogens is 308 g/mol. The molecule has 1 aromatic rings. The molecule has 0 radical (unpaired) electrons. The van der Waals surface area contributed by atoms with Crippen LogP contribution < -0.4 is 0 Å². The molecule has 0 bridgehead atoms. The van der Waals surface area contributed by atoms with Crippen LogP contribution in [0.25, 0.3) is 0 Å². The molecule has 146 valence electrons. The normalized spacial score (nSPS) is 12.0. The minimum atomic E-state index is 0.0417. The highest BCUT2D eigenvalue weighted by atomic mass is 15.5. The molecule has 0 amide bonds. The van der Waals surface area contributed by atoms with Gasteiger partial charge in [-0.15, -0.1) is 5.10 Å². The third-order valence-electron chi connectivity index (χ3n) is 5.36. The third kappa shape index (κ3) is 11.3. The number of aromatic nitrogens is 4. The summed E-state index contributed by atoms with van der Waals surface area (Å²) in [4.78, 5) is 0. The standard InChI is InChI=1S/C21H42N4/c1-4-5-6-7-8-9-10-11-12-13-14-15-16-17-18-19-21(2,3)25-20-22-23-24-25/h20H,4-19H2,1-3H3. The Morgan fingerprint density at radius 1 is 0.680 bits per heavy atom. The van der Waals surface area contributed by atoms with Gasteiger partial charge in [0.1, 0.15) is 6.33 Å². The summed E-state index contributed by atoms with van der Waals surface area (Å²) < 4.78 is 1.89. The fourth-order valence-corrected chi connectivity index (χ4v) is 3.48. The molecular formula is C21H42N4. The Kier molecular flexibility index (Phi) is 12.6. The van der Waals surface area contributed by atoms with E-state index in [1.165, 1.54) is 96.3 Å². The van der Waals surface area contributed by atoms with E-state index >= 15 is 0 Å². The Morgan fingerprint density at radius 3 is 1.52 bits per heavy atom. The second-order valence-corrected chi connectivity index (χ2v) is 8.27. The molecule has 0 saturated carbocycles. The first-order valence-electron chi connectivity index (χ1n) is 10.9. The average Bonchev–Trinajstić information content (AvgIpc) is 3.14. The summed E-state index contributed by atoms with van der Waals surface area (Å²) >= 11 is 0. The molecule has 0 aliphatic rings. The summed E-state index contributed by atoms with van der Waals surface area (Å²) in [5.41, 5.74) is 0.0417. The van der Waals surface area contributed by atoms with Crippen molar-refractivity contribution in [1.29, 1.82) is 0 Å². The molecule has 0 spiro atoms. The van der Waals surface area contributed by atoms with Gasteiger partial charge in [-0.25, -0.2) is 4.68 Å². The number of hydrogen-bond donors (Lipinski definition) is 0. The lowest BCUT2D eigenvalue weighted by atomic mass is 9.96. The maximum atomic E-state index is 4.03. The first kappa shape index (κ1) is 22.1. The molecule has 0 aliphatic carbocycles. The molecule has 1 rings (SSSR count). The lowest BCUT2D eigenvalue weighted by molar-refractivity contribution is 0.278. The minimum absolute atomic E-state index is 0.0417. The first-order chi connectivity index (χ1) is 12.2. The summed E-state index contributed by atoms with van der Waals surface area (Å²) in [5, 5.41) is 11.5. The van der Waals surface area contributed by atoms with E-state index in [0.29, 0.717) is 0 Å². The summed E-state index contributed by atoms with van der Waals surface area (Å²) in [6, 6.07) is 0. The fraction of sp³-hybridized carbons (Fsp3) is 0.952. The van der Waals surface area contributed by atoms with Crippen molar-refractivity contribution in [3.8, 4) is 0 Å². The summed E-state index contributed by atoms with van der Waals surface area (Å²) in [6.45, 7) is 6.72. The van der Waals surface area contributed by atoms with Crippen LogP contribution in [0.3, 0.4) is 0 Å². The molecule has 0 aromatic carbocycles. The zero-order chi connectivity index (χ0) is 18.2. The third-order valence-corrected chi connectivity index (χ3v) is 5.36. The van der Waals surface area contributed by atoms with E-state index in [1.807, 2.05) is 4.68 Å². The van der Waals surface area contributed by atoms with E-state index in [9.17, 15) is 0 Å². The monoisotopic (exact) mass is 350 g/mol. The molecule has 4 heteroatoms. The van der Waals surface area contributed by atoms with Crippen molar-refractivity contribution in [2.24, 2.45) is 0 Å². The van der Waals surface area contributed by atoms with Crippen molar-refractivity contribution in [3.63, 3.8) is 0 Å². The first-order valence-corrected chi connectivity index (χ1v) is 10.9. The molecule has 1 aromatic heterocycles. The summed E-state index contributed by atoms with van der Waals surface area (Å²) in [5.74, 6) is 0. The van der Waals surface area contributed by atoms with Gasteiger partial charge in [-0.2, -0.15) is 0 Å². The van der Waals surface area contributed by atoms with Crippen LogP contribution >= 0.6 is 0 Å². The highest BCUT2D eigenvalue weighted by Crippen LogP contribution is 2.22. The van der Waals surface area contributed by atoms with Gasteiger partial charge >= 0.3 is 0 Å². The van der Waals surface area contributed by atoms with Crippen molar-refractivity contribution < 1.29 is 0 Å². The highest BCUT2D eigenvalue weighted by Gasteiger charge is 2.20. The second kappa shape index (κ2) is 14.3. The van der Waals surface area contributed by atoms with Crippen LogP contribution in [0, 0.1) is 0 Å².